The fourth-order valence-electron chi connectivity index (χ4n) is 1.76. The van der Waals surface area contributed by atoms with Crippen molar-refractivity contribution in [1.82, 2.24) is 0 Å². The van der Waals surface area contributed by atoms with Gasteiger partial charge in [-0.1, -0.05) is 66.4 Å². The van der Waals surface area contributed by atoms with Gasteiger partial charge in [-0.05, 0) is 23.6 Å². The van der Waals surface area contributed by atoms with Crippen molar-refractivity contribution < 1.29 is 4.79 Å². The lowest BCUT2D eigenvalue weighted by Gasteiger charge is -2.06. The average molecular weight is 271 g/mol. The number of rotatable bonds is 4. The number of carbonyl (C=O) groups is 1. The highest BCUT2D eigenvalue weighted by Gasteiger charge is 2.08. The van der Waals surface area contributed by atoms with Gasteiger partial charge in [0, 0.05) is 5.75 Å². The second-order valence-corrected chi connectivity index (χ2v) is 5.44. The van der Waals surface area contributed by atoms with Gasteiger partial charge in [-0.25, -0.2) is 0 Å². The first kappa shape index (κ1) is 13.8. The van der Waals surface area contributed by atoms with Crippen LogP contribution in [0.25, 0.3) is 11.1 Å². The fraction of sp³-hybridized carbons (Fsp3) is 0.188. The van der Waals surface area contributed by atoms with Crippen molar-refractivity contribution in [2.75, 3.05) is 0 Å². The van der Waals surface area contributed by atoms with E-state index >= 15 is 0 Å². The minimum atomic E-state index is -0.401. The summed E-state index contributed by atoms with van der Waals surface area (Å²) in [5.74, 6) is 0.668. The van der Waals surface area contributed by atoms with Crippen LogP contribution in [0.1, 0.15) is 12.5 Å². The molecule has 0 spiro atoms. The molecule has 0 aliphatic carbocycles. The SMILES string of the molecule is C[C@H](N)C(=O)SCc1cccc(-c2ccccc2)c1. The molecule has 2 aromatic carbocycles. The molecular formula is C16H17NOS. The van der Waals surface area contributed by atoms with E-state index in [0.717, 1.165) is 5.56 Å². The summed E-state index contributed by atoms with van der Waals surface area (Å²) in [6.07, 6.45) is 0. The molecule has 0 saturated carbocycles. The van der Waals surface area contributed by atoms with E-state index in [9.17, 15) is 4.79 Å². The Kier molecular flexibility index (Phi) is 4.77. The van der Waals surface area contributed by atoms with Crippen molar-refractivity contribution in [3.8, 4) is 11.1 Å². The first-order valence-corrected chi connectivity index (χ1v) is 7.22. The van der Waals surface area contributed by atoms with Crippen LogP contribution in [0.4, 0.5) is 0 Å². The Morgan fingerprint density at radius 3 is 2.47 bits per heavy atom. The quantitative estimate of drug-likeness (QED) is 0.926. The van der Waals surface area contributed by atoms with Crippen LogP contribution in [0.2, 0.25) is 0 Å². The van der Waals surface area contributed by atoms with Crippen LogP contribution in [0.5, 0.6) is 0 Å². The molecule has 0 fully saturated rings. The maximum Gasteiger partial charge on any atom is 0.205 e. The average Bonchev–Trinajstić information content (AvgIpc) is 2.46. The molecule has 0 amide bonds. The zero-order valence-electron chi connectivity index (χ0n) is 10.9. The van der Waals surface area contributed by atoms with Crippen molar-refractivity contribution in [3.05, 3.63) is 60.2 Å². The maximum atomic E-state index is 11.5. The Morgan fingerprint density at radius 1 is 1.11 bits per heavy atom. The van der Waals surface area contributed by atoms with Crippen molar-refractivity contribution in [1.29, 1.82) is 0 Å². The zero-order chi connectivity index (χ0) is 13.7. The standard InChI is InChI=1S/C16H17NOS/c1-12(17)16(18)19-11-13-6-5-9-15(10-13)14-7-3-2-4-8-14/h2-10,12H,11,17H2,1H3/t12-/m0/s1. The zero-order valence-corrected chi connectivity index (χ0v) is 11.7. The summed E-state index contributed by atoms with van der Waals surface area (Å²) < 4.78 is 0. The van der Waals surface area contributed by atoms with Gasteiger partial charge in [-0.2, -0.15) is 0 Å². The number of benzene rings is 2. The molecule has 0 heterocycles. The minimum Gasteiger partial charge on any atom is -0.321 e. The van der Waals surface area contributed by atoms with E-state index in [0.29, 0.717) is 5.75 Å². The topological polar surface area (TPSA) is 43.1 Å². The van der Waals surface area contributed by atoms with Crippen LogP contribution in [-0.4, -0.2) is 11.2 Å². The van der Waals surface area contributed by atoms with Crippen LogP contribution < -0.4 is 5.73 Å². The maximum absolute atomic E-state index is 11.5. The summed E-state index contributed by atoms with van der Waals surface area (Å²) in [7, 11) is 0. The van der Waals surface area contributed by atoms with Gasteiger partial charge in [0.25, 0.3) is 0 Å². The van der Waals surface area contributed by atoms with Crippen LogP contribution in [0.15, 0.2) is 54.6 Å². The predicted octanol–water partition coefficient (Wildman–Crippen LogP) is 3.46. The lowest BCUT2D eigenvalue weighted by Crippen LogP contribution is -2.23. The van der Waals surface area contributed by atoms with Gasteiger partial charge in [-0.15, -0.1) is 0 Å². The molecule has 1 atom stereocenters. The van der Waals surface area contributed by atoms with Gasteiger partial charge in [0.15, 0.2) is 0 Å². The van der Waals surface area contributed by atoms with Gasteiger partial charge >= 0.3 is 0 Å². The Balaban J connectivity index is 2.10. The van der Waals surface area contributed by atoms with E-state index < -0.39 is 6.04 Å². The smallest absolute Gasteiger partial charge is 0.205 e. The highest BCUT2D eigenvalue weighted by Crippen LogP contribution is 2.22. The molecule has 98 valence electrons. The van der Waals surface area contributed by atoms with Crippen molar-refractivity contribution in [2.24, 2.45) is 5.73 Å². The summed E-state index contributed by atoms with van der Waals surface area (Å²) in [5.41, 5.74) is 9.05. The first-order chi connectivity index (χ1) is 9.16. The van der Waals surface area contributed by atoms with Gasteiger partial charge in [-0.3, -0.25) is 4.79 Å². The molecule has 0 bridgehead atoms. The number of nitrogens with two attached hydrogens (primary N) is 1. The number of thioether (sulfide) groups is 1. The second kappa shape index (κ2) is 6.55. The number of carbonyl (C=O) groups excluding carboxylic acids is 1. The molecule has 2 aromatic rings. The summed E-state index contributed by atoms with van der Waals surface area (Å²) in [4.78, 5) is 11.5. The van der Waals surface area contributed by atoms with Crippen LogP contribution >= 0.6 is 11.8 Å². The Hall–Kier alpha value is -1.58. The van der Waals surface area contributed by atoms with Gasteiger partial charge in [0.05, 0.1) is 6.04 Å². The molecule has 2 N–H and O–H groups in total. The van der Waals surface area contributed by atoms with Crippen molar-refractivity contribution in [2.45, 2.75) is 18.7 Å². The van der Waals surface area contributed by atoms with Gasteiger partial charge in [0.2, 0.25) is 5.12 Å². The summed E-state index contributed by atoms with van der Waals surface area (Å²) in [6, 6.07) is 18.1. The molecule has 19 heavy (non-hydrogen) atoms. The summed E-state index contributed by atoms with van der Waals surface area (Å²) >= 11 is 1.28. The highest BCUT2D eigenvalue weighted by atomic mass is 32.2. The molecule has 0 aromatic heterocycles. The number of hydrogen-bond donors (Lipinski definition) is 1. The van der Waals surface area contributed by atoms with E-state index in [4.69, 9.17) is 5.73 Å². The highest BCUT2D eigenvalue weighted by molar-refractivity contribution is 8.13. The van der Waals surface area contributed by atoms with Crippen LogP contribution in [0, 0.1) is 0 Å². The molecule has 2 nitrogen and oxygen atoms in total. The van der Waals surface area contributed by atoms with Crippen molar-refractivity contribution >= 4 is 16.9 Å². The molecule has 0 aliphatic rings. The second-order valence-electron chi connectivity index (χ2n) is 4.46. The monoisotopic (exact) mass is 271 g/mol. The van der Waals surface area contributed by atoms with E-state index in [1.54, 1.807) is 6.92 Å². The van der Waals surface area contributed by atoms with Crippen LogP contribution in [0.3, 0.4) is 0 Å². The Labute approximate surface area is 118 Å². The van der Waals surface area contributed by atoms with E-state index in [1.165, 1.54) is 22.9 Å². The van der Waals surface area contributed by atoms with Crippen LogP contribution in [-0.2, 0) is 10.5 Å². The molecule has 3 heteroatoms. The third kappa shape index (κ3) is 3.94. The third-order valence-electron chi connectivity index (χ3n) is 2.79. The molecule has 0 aliphatic heterocycles. The van der Waals surface area contributed by atoms with Crippen molar-refractivity contribution in [3.63, 3.8) is 0 Å². The lowest BCUT2D eigenvalue weighted by atomic mass is 10.0. The summed E-state index contributed by atoms with van der Waals surface area (Å²) in [5, 5.41) is 0.0325. The Morgan fingerprint density at radius 2 is 1.79 bits per heavy atom. The van der Waals surface area contributed by atoms with E-state index in [2.05, 4.69) is 24.3 Å². The fourth-order valence-corrected chi connectivity index (χ4v) is 2.51. The van der Waals surface area contributed by atoms with E-state index in [-0.39, 0.29) is 5.12 Å². The van der Waals surface area contributed by atoms with Gasteiger partial charge < -0.3 is 5.73 Å². The van der Waals surface area contributed by atoms with E-state index in [1.807, 2.05) is 30.3 Å². The van der Waals surface area contributed by atoms with Gasteiger partial charge in [0.1, 0.15) is 0 Å². The molecule has 2 rings (SSSR count). The third-order valence-corrected chi connectivity index (χ3v) is 3.92. The normalized spacial score (nSPS) is 12.1. The largest absolute Gasteiger partial charge is 0.321 e. The molecule has 0 unspecified atom stereocenters. The number of hydrogen-bond acceptors (Lipinski definition) is 3. The lowest BCUT2D eigenvalue weighted by molar-refractivity contribution is -0.111. The predicted molar refractivity (Wildman–Crippen MR) is 81.8 cm³/mol. The minimum absolute atomic E-state index is 0.0325. The molecule has 0 saturated heterocycles. The first-order valence-electron chi connectivity index (χ1n) is 6.23. The molecular weight excluding hydrogens is 254 g/mol. The summed E-state index contributed by atoms with van der Waals surface area (Å²) in [6.45, 7) is 1.72. The Bertz CT molecular complexity index is 552. The molecule has 0 radical (unpaired) electrons.